The average Bonchev–Trinajstić information content (AvgIpc) is 2.43. The van der Waals surface area contributed by atoms with Crippen LogP contribution in [0, 0.1) is 12.3 Å². The molecule has 0 aliphatic carbocycles. The van der Waals surface area contributed by atoms with Gasteiger partial charge in [-0.05, 0) is 37.2 Å². The fourth-order valence-electron chi connectivity index (χ4n) is 1.39. The van der Waals surface area contributed by atoms with E-state index in [0.717, 1.165) is 18.5 Å². The molecule has 7 heteroatoms. The molecule has 0 unspecified atom stereocenters. The van der Waals surface area contributed by atoms with E-state index in [2.05, 4.69) is 26.5 Å². The van der Waals surface area contributed by atoms with Gasteiger partial charge in [0.15, 0.2) is 11.1 Å². The number of hydrogen-bond donors (Lipinski definition) is 3. The van der Waals surface area contributed by atoms with E-state index >= 15 is 0 Å². The van der Waals surface area contributed by atoms with Crippen LogP contribution in [0.3, 0.4) is 0 Å². The Balaban J connectivity index is 2.23. The SMILES string of the molecule is C#CCN=C(N)NC(=S)NCCCc1ncccc1Cl. The van der Waals surface area contributed by atoms with Gasteiger partial charge in [0.25, 0.3) is 0 Å². The summed E-state index contributed by atoms with van der Waals surface area (Å²) in [5, 5.41) is 6.84. The average molecular weight is 310 g/mol. The van der Waals surface area contributed by atoms with Crippen molar-refractivity contribution in [1.82, 2.24) is 15.6 Å². The largest absolute Gasteiger partial charge is 0.370 e. The maximum absolute atomic E-state index is 6.01. The summed E-state index contributed by atoms with van der Waals surface area (Å²) in [7, 11) is 0. The van der Waals surface area contributed by atoms with Gasteiger partial charge in [0.05, 0.1) is 10.7 Å². The number of halogens is 1. The lowest BCUT2D eigenvalue weighted by Gasteiger charge is -2.09. The number of hydrogen-bond acceptors (Lipinski definition) is 3. The summed E-state index contributed by atoms with van der Waals surface area (Å²) in [5.74, 6) is 2.56. The van der Waals surface area contributed by atoms with Crippen LogP contribution in [0.25, 0.3) is 0 Å². The van der Waals surface area contributed by atoms with E-state index in [1.807, 2.05) is 6.07 Å². The maximum Gasteiger partial charge on any atom is 0.195 e. The molecule has 1 rings (SSSR count). The second kappa shape index (κ2) is 9.13. The molecule has 106 valence electrons. The van der Waals surface area contributed by atoms with Gasteiger partial charge in [-0.2, -0.15) is 0 Å². The minimum absolute atomic E-state index is 0.202. The Kier molecular flexibility index (Phi) is 7.40. The third-order valence-corrected chi connectivity index (χ3v) is 2.88. The van der Waals surface area contributed by atoms with E-state index in [1.165, 1.54) is 0 Å². The Hall–Kier alpha value is -1.84. The third-order valence-electron chi connectivity index (χ3n) is 2.29. The van der Waals surface area contributed by atoms with Gasteiger partial charge >= 0.3 is 0 Å². The second-order valence-corrected chi connectivity index (χ2v) is 4.64. The quantitative estimate of drug-likeness (QED) is 0.249. The normalized spacial score (nSPS) is 10.7. The molecule has 0 saturated carbocycles. The van der Waals surface area contributed by atoms with Crippen molar-refractivity contribution >= 4 is 34.9 Å². The number of terminal acetylenes is 1. The molecule has 0 aliphatic rings. The molecule has 0 aliphatic heterocycles. The predicted molar refractivity (Wildman–Crippen MR) is 86.6 cm³/mol. The number of aliphatic imine (C=N–C) groups is 1. The fourth-order valence-corrected chi connectivity index (χ4v) is 1.81. The monoisotopic (exact) mass is 309 g/mol. The van der Waals surface area contributed by atoms with Gasteiger partial charge in [-0.1, -0.05) is 17.5 Å². The first-order valence-electron chi connectivity index (χ1n) is 6.01. The van der Waals surface area contributed by atoms with Crippen molar-refractivity contribution in [3.8, 4) is 12.3 Å². The number of aryl methyl sites for hydroxylation is 1. The van der Waals surface area contributed by atoms with Crippen LogP contribution in [0.1, 0.15) is 12.1 Å². The lowest BCUT2D eigenvalue weighted by Crippen LogP contribution is -2.43. The predicted octanol–water partition coefficient (Wildman–Crippen LogP) is 1.08. The number of pyridine rings is 1. The fraction of sp³-hybridized carbons (Fsp3) is 0.308. The van der Waals surface area contributed by atoms with Crippen molar-refractivity contribution in [1.29, 1.82) is 0 Å². The lowest BCUT2D eigenvalue weighted by molar-refractivity contribution is 0.757. The third kappa shape index (κ3) is 6.36. The highest BCUT2D eigenvalue weighted by Gasteiger charge is 2.01. The molecule has 0 bridgehead atoms. The highest BCUT2D eigenvalue weighted by atomic mass is 35.5. The number of guanidine groups is 1. The van der Waals surface area contributed by atoms with E-state index in [1.54, 1.807) is 12.3 Å². The molecule has 4 N–H and O–H groups in total. The number of aromatic nitrogens is 1. The molecule has 5 nitrogen and oxygen atoms in total. The maximum atomic E-state index is 6.01. The molecule has 0 amide bonds. The van der Waals surface area contributed by atoms with Crippen LogP contribution in [0.5, 0.6) is 0 Å². The van der Waals surface area contributed by atoms with E-state index in [-0.39, 0.29) is 12.5 Å². The van der Waals surface area contributed by atoms with Gasteiger partial charge in [-0.3, -0.25) is 4.98 Å². The van der Waals surface area contributed by atoms with Crippen LogP contribution in [-0.2, 0) is 6.42 Å². The second-order valence-electron chi connectivity index (χ2n) is 3.82. The molecule has 0 saturated heterocycles. The summed E-state index contributed by atoms with van der Waals surface area (Å²) in [4.78, 5) is 8.07. The van der Waals surface area contributed by atoms with Crippen LogP contribution in [-0.4, -0.2) is 29.1 Å². The molecule has 0 atom stereocenters. The zero-order valence-electron chi connectivity index (χ0n) is 10.9. The Morgan fingerprint density at radius 3 is 3.10 bits per heavy atom. The van der Waals surface area contributed by atoms with E-state index in [0.29, 0.717) is 16.7 Å². The Morgan fingerprint density at radius 1 is 1.60 bits per heavy atom. The molecular formula is C13H16ClN5S. The van der Waals surface area contributed by atoms with Gasteiger partial charge in [0.2, 0.25) is 0 Å². The van der Waals surface area contributed by atoms with Gasteiger partial charge in [0.1, 0.15) is 6.54 Å². The van der Waals surface area contributed by atoms with Gasteiger partial charge < -0.3 is 16.4 Å². The molecular weight excluding hydrogens is 294 g/mol. The zero-order valence-corrected chi connectivity index (χ0v) is 12.5. The summed E-state index contributed by atoms with van der Waals surface area (Å²) in [5.41, 5.74) is 6.44. The zero-order chi connectivity index (χ0) is 14.8. The molecule has 20 heavy (non-hydrogen) atoms. The molecule has 0 radical (unpaired) electrons. The van der Waals surface area contributed by atoms with Crippen LogP contribution in [0.2, 0.25) is 5.02 Å². The summed E-state index contributed by atoms with van der Waals surface area (Å²) >= 11 is 11.1. The Labute approximate surface area is 129 Å². The molecule has 1 aromatic rings. The van der Waals surface area contributed by atoms with Crippen molar-refractivity contribution in [3.05, 3.63) is 29.0 Å². The van der Waals surface area contributed by atoms with Crippen LogP contribution in [0.4, 0.5) is 0 Å². The van der Waals surface area contributed by atoms with Crippen LogP contribution >= 0.6 is 23.8 Å². The minimum atomic E-state index is 0.202. The Bertz CT molecular complexity index is 524. The van der Waals surface area contributed by atoms with Crippen LogP contribution < -0.4 is 16.4 Å². The number of nitrogens with zero attached hydrogens (tertiary/aromatic N) is 2. The van der Waals surface area contributed by atoms with Crippen molar-refractivity contribution in [3.63, 3.8) is 0 Å². The van der Waals surface area contributed by atoms with Gasteiger partial charge in [-0.15, -0.1) is 6.42 Å². The van der Waals surface area contributed by atoms with E-state index in [9.17, 15) is 0 Å². The van der Waals surface area contributed by atoms with E-state index < -0.39 is 0 Å². The highest BCUT2D eigenvalue weighted by Crippen LogP contribution is 2.13. The summed E-state index contributed by atoms with van der Waals surface area (Å²) < 4.78 is 0. The standard InChI is InChI=1S/C13H16ClN5S/c1-2-7-17-12(15)19-13(20)18-9-4-6-11-10(14)5-3-8-16-11/h1,3,5,8H,4,6-7,9H2,(H4,15,17,18,19,20). The number of rotatable bonds is 5. The molecule has 0 aromatic carbocycles. The molecule has 1 aromatic heterocycles. The molecule has 0 spiro atoms. The minimum Gasteiger partial charge on any atom is -0.370 e. The van der Waals surface area contributed by atoms with Crippen LogP contribution in [0.15, 0.2) is 23.3 Å². The van der Waals surface area contributed by atoms with Crippen molar-refractivity contribution in [2.24, 2.45) is 10.7 Å². The summed E-state index contributed by atoms with van der Waals surface area (Å²) in [6.07, 6.45) is 8.41. The first-order valence-corrected chi connectivity index (χ1v) is 6.79. The van der Waals surface area contributed by atoms with Gasteiger partial charge in [-0.25, -0.2) is 4.99 Å². The first kappa shape index (κ1) is 16.2. The number of thiocarbonyl (C=S) groups is 1. The first-order chi connectivity index (χ1) is 9.63. The molecule has 0 fully saturated rings. The van der Waals surface area contributed by atoms with Gasteiger partial charge in [0, 0.05) is 12.7 Å². The summed E-state index contributed by atoms with van der Waals surface area (Å²) in [6, 6.07) is 3.63. The summed E-state index contributed by atoms with van der Waals surface area (Å²) in [6.45, 7) is 0.904. The van der Waals surface area contributed by atoms with Crippen molar-refractivity contribution in [2.75, 3.05) is 13.1 Å². The lowest BCUT2D eigenvalue weighted by atomic mass is 10.2. The number of nitrogens with two attached hydrogens (primary N) is 1. The van der Waals surface area contributed by atoms with E-state index in [4.69, 9.17) is 36.0 Å². The highest BCUT2D eigenvalue weighted by molar-refractivity contribution is 7.80. The number of nitrogens with one attached hydrogen (secondary N) is 2. The smallest absolute Gasteiger partial charge is 0.195 e. The van der Waals surface area contributed by atoms with Crippen molar-refractivity contribution < 1.29 is 0 Å². The topological polar surface area (TPSA) is 75.3 Å². The Morgan fingerprint density at radius 2 is 2.40 bits per heavy atom. The van der Waals surface area contributed by atoms with Crippen molar-refractivity contribution in [2.45, 2.75) is 12.8 Å². The molecule has 1 heterocycles.